The minimum atomic E-state index is -0.511. The van der Waals surface area contributed by atoms with Gasteiger partial charge in [-0.15, -0.1) is 22.7 Å². The highest BCUT2D eigenvalue weighted by molar-refractivity contribution is 7.14. The molecule has 1 amide bonds. The molecular weight excluding hydrogens is 372 g/mol. The molecule has 3 aromatic rings. The van der Waals surface area contributed by atoms with Gasteiger partial charge < -0.3 is 15.4 Å². The lowest BCUT2D eigenvalue weighted by Gasteiger charge is -2.02. The third-order valence-corrected chi connectivity index (χ3v) is 4.79. The van der Waals surface area contributed by atoms with Crippen LogP contribution >= 0.6 is 22.7 Å². The van der Waals surface area contributed by atoms with Crippen molar-refractivity contribution in [1.29, 1.82) is 0 Å². The normalized spacial score (nSPS) is 10.3. The number of ether oxygens (including phenoxy) is 1. The second-order valence-corrected chi connectivity index (χ2v) is 6.99. The van der Waals surface area contributed by atoms with E-state index in [0.717, 1.165) is 5.56 Å². The summed E-state index contributed by atoms with van der Waals surface area (Å²) in [6.45, 7) is 2.07. The molecule has 9 heteroatoms. The summed E-state index contributed by atoms with van der Waals surface area (Å²) in [5.74, 6) is -0.705. The highest BCUT2D eigenvalue weighted by Crippen LogP contribution is 2.19. The number of amides is 1. The Labute approximate surface area is 158 Å². The molecule has 0 fully saturated rings. The number of anilines is 2. The monoisotopic (exact) mass is 388 g/mol. The Hall–Kier alpha value is -2.78. The van der Waals surface area contributed by atoms with Crippen molar-refractivity contribution in [3.05, 3.63) is 58.0 Å². The molecule has 0 bridgehead atoms. The van der Waals surface area contributed by atoms with Crippen LogP contribution in [0.2, 0.25) is 0 Å². The van der Waals surface area contributed by atoms with Crippen LogP contribution in [-0.4, -0.2) is 21.8 Å². The van der Waals surface area contributed by atoms with Gasteiger partial charge in [0, 0.05) is 24.2 Å². The van der Waals surface area contributed by atoms with Crippen molar-refractivity contribution in [3.63, 3.8) is 0 Å². The van der Waals surface area contributed by atoms with Gasteiger partial charge in [0.15, 0.2) is 16.0 Å². The number of carbonyl (C=O) groups excluding carboxylic acids is 2. The topological polar surface area (TPSA) is 93.2 Å². The van der Waals surface area contributed by atoms with Gasteiger partial charge in [-0.2, -0.15) is 0 Å². The molecular formula is C17H16N4O3S2. The molecule has 0 saturated carbocycles. The van der Waals surface area contributed by atoms with Crippen molar-refractivity contribution in [2.45, 2.75) is 20.1 Å². The van der Waals surface area contributed by atoms with Gasteiger partial charge in [0.1, 0.15) is 6.61 Å². The van der Waals surface area contributed by atoms with Crippen LogP contribution in [0.4, 0.5) is 10.3 Å². The molecule has 0 aliphatic rings. The second-order valence-electron chi connectivity index (χ2n) is 5.28. The maximum absolute atomic E-state index is 12.1. The van der Waals surface area contributed by atoms with Crippen LogP contribution in [0.3, 0.4) is 0 Å². The molecule has 1 aromatic carbocycles. The van der Waals surface area contributed by atoms with Gasteiger partial charge in [-0.3, -0.25) is 4.79 Å². The summed E-state index contributed by atoms with van der Waals surface area (Å²) < 4.78 is 5.22. The van der Waals surface area contributed by atoms with E-state index in [-0.39, 0.29) is 18.2 Å². The van der Waals surface area contributed by atoms with E-state index >= 15 is 0 Å². The Balaban J connectivity index is 1.50. The highest BCUT2D eigenvalue weighted by Gasteiger charge is 2.13. The second kappa shape index (κ2) is 8.54. The Morgan fingerprint density at radius 2 is 1.85 bits per heavy atom. The largest absolute Gasteiger partial charge is 0.454 e. The van der Waals surface area contributed by atoms with E-state index in [1.807, 2.05) is 30.3 Å². The number of rotatable bonds is 7. The van der Waals surface area contributed by atoms with E-state index in [9.17, 15) is 9.59 Å². The van der Waals surface area contributed by atoms with Crippen LogP contribution in [0.5, 0.6) is 0 Å². The van der Waals surface area contributed by atoms with E-state index in [2.05, 4.69) is 20.6 Å². The molecule has 3 rings (SSSR count). The summed E-state index contributed by atoms with van der Waals surface area (Å²) in [6, 6.07) is 9.93. The minimum Gasteiger partial charge on any atom is -0.454 e. The van der Waals surface area contributed by atoms with E-state index in [1.165, 1.54) is 29.6 Å². The molecule has 0 atom stereocenters. The van der Waals surface area contributed by atoms with Gasteiger partial charge in [0.05, 0.1) is 5.69 Å². The molecule has 0 spiro atoms. The smallest absolute Gasteiger partial charge is 0.358 e. The predicted octanol–water partition coefficient (Wildman–Crippen LogP) is 3.53. The molecule has 2 N–H and O–H groups in total. The maximum Gasteiger partial charge on any atom is 0.358 e. The van der Waals surface area contributed by atoms with E-state index in [4.69, 9.17) is 4.74 Å². The lowest BCUT2D eigenvalue weighted by atomic mass is 10.2. The van der Waals surface area contributed by atoms with E-state index in [0.29, 0.717) is 22.5 Å². The van der Waals surface area contributed by atoms with Gasteiger partial charge in [0.25, 0.3) is 0 Å². The quantitative estimate of drug-likeness (QED) is 0.602. The van der Waals surface area contributed by atoms with E-state index < -0.39 is 5.97 Å². The number of hydrogen-bond donors (Lipinski definition) is 2. The first-order chi connectivity index (χ1) is 12.6. The Morgan fingerprint density at radius 3 is 2.62 bits per heavy atom. The average Bonchev–Trinajstić information content (AvgIpc) is 3.28. The fourth-order valence-electron chi connectivity index (χ4n) is 2.02. The van der Waals surface area contributed by atoms with E-state index in [1.54, 1.807) is 10.8 Å². The first-order valence-electron chi connectivity index (χ1n) is 7.72. The third kappa shape index (κ3) is 5.11. The summed E-state index contributed by atoms with van der Waals surface area (Å²) in [6.07, 6.45) is 0. The third-order valence-electron chi connectivity index (χ3n) is 3.19. The van der Waals surface area contributed by atoms with Crippen LogP contribution in [0.15, 0.2) is 41.1 Å². The van der Waals surface area contributed by atoms with Crippen molar-refractivity contribution < 1.29 is 14.3 Å². The maximum atomic E-state index is 12.1. The molecule has 7 nitrogen and oxygen atoms in total. The summed E-state index contributed by atoms with van der Waals surface area (Å²) in [5.41, 5.74) is 1.96. The van der Waals surface area contributed by atoms with Crippen molar-refractivity contribution >= 4 is 44.8 Å². The molecule has 0 radical (unpaired) electrons. The zero-order valence-electron chi connectivity index (χ0n) is 13.9. The number of aromatic nitrogens is 2. The fraction of sp³-hybridized carbons (Fsp3) is 0.176. The van der Waals surface area contributed by atoms with Gasteiger partial charge in [-0.05, 0) is 5.56 Å². The van der Waals surface area contributed by atoms with Crippen molar-refractivity contribution in [1.82, 2.24) is 9.97 Å². The Morgan fingerprint density at radius 1 is 1.08 bits per heavy atom. The summed E-state index contributed by atoms with van der Waals surface area (Å²) in [5, 5.41) is 10.3. The molecule has 0 saturated heterocycles. The summed E-state index contributed by atoms with van der Waals surface area (Å²) in [7, 11) is 0. The number of benzene rings is 1. The molecule has 134 valence electrons. The molecule has 2 heterocycles. The molecule has 0 unspecified atom stereocenters. The first kappa shape index (κ1) is 18.0. The zero-order chi connectivity index (χ0) is 18.4. The van der Waals surface area contributed by atoms with Gasteiger partial charge in [-0.25, -0.2) is 14.8 Å². The lowest BCUT2D eigenvalue weighted by molar-refractivity contribution is -0.114. The van der Waals surface area contributed by atoms with Crippen molar-refractivity contribution in [2.24, 2.45) is 0 Å². The SMILES string of the molecule is CC(=O)Nc1nc(COC(=O)c2csc(NCc3ccccc3)n2)cs1. The van der Waals surface area contributed by atoms with Gasteiger partial charge >= 0.3 is 5.97 Å². The number of esters is 1. The summed E-state index contributed by atoms with van der Waals surface area (Å²) in [4.78, 5) is 31.5. The Bertz CT molecular complexity index is 892. The number of thiazole rings is 2. The van der Waals surface area contributed by atoms with Crippen LogP contribution in [0, 0.1) is 0 Å². The predicted molar refractivity (Wildman–Crippen MR) is 101 cm³/mol. The minimum absolute atomic E-state index is 0.0270. The van der Waals surface area contributed by atoms with Crippen molar-refractivity contribution in [2.75, 3.05) is 10.6 Å². The Kier molecular flexibility index (Phi) is 5.92. The molecule has 0 aliphatic carbocycles. The lowest BCUT2D eigenvalue weighted by Crippen LogP contribution is -2.07. The van der Waals surface area contributed by atoms with Crippen LogP contribution < -0.4 is 10.6 Å². The first-order valence-corrected chi connectivity index (χ1v) is 9.48. The number of nitrogens with one attached hydrogen (secondary N) is 2. The van der Waals surface area contributed by atoms with Crippen LogP contribution in [-0.2, 0) is 22.7 Å². The fourth-order valence-corrected chi connectivity index (χ4v) is 3.44. The average molecular weight is 388 g/mol. The number of nitrogens with zero attached hydrogens (tertiary/aromatic N) is 2. The molecule has 2 aromatic heterocycles. The van der Waals surface area contributed by atoms with Crippen LogP contribution in [0.25, 0.3) is 0 Å². The zero-order valence-corrected chi connectivity index (χ0v) is 15.5. The number of carbonyl (C=O) groups is 2. The summed E-state index contributed by atoms with van der Waals surface area (Å²) >= 11 is 2.62. The van der Waals surface area contributed by atoms with Crippen LogP contribution in [0.1, 0.15) is 28.7 Å². The number of hydrogen-bond acceptors (Lipinski definition) is 8. The van der Waals surface area contributed by atoms with Gasteiger partial charge in [-0.1, -0.05) is 30.3 Å². The highest BCUT2D eigenvalue weighted by atomic mass is 32.1. The standard InChI is InChI=1S/C17H16N4O3S2/c1-11(22)19-17-20-13(9-25-17)8-24-15(23)14-10-26-16(21-14)18-7-12-5-3-2-4-6-12/h2-6,9-10H,7-8H2,1H3,(H,18,21)(H,19,20,22). The van der Waals surface area contributed by atoms with Gasteiger partial charge in [0.2, 0.25) is 5.91 Å². The molecule has 26 heavy (non-hydrogen) atoms. The van der Waals surface area contributed by atoms with Crippen molar-refractivity contribution in [3.8, 4) is 0 Å². The molecule has 0 aliphatic heterocycles.